The van der Waals surface area contributed by atoms with Crippen LogP contribution in [0.2, 0.25) is 0 Å². The lowest BCUT2D eigenvalue weighted by atomic mass is 10.2. The van der Waals surface area contributed by atoms with Crippen LogP contribution in [0, 0.1) is 0 Å². The second kappa shape index (κ2) is 6.00. The van der Waals surface area contributed by atoms with E-state index in [4.69, 9.17) is 4.52 Å². The SMILES string of the molecule is O=C(NCc1nc(-c2ccccc2)no1)c1cc(=O)[nH]cn1. The van der Waals surface area contributed by atoms with Crippen LogP contribution in [0.25, 0.3) is 11.4 Å². The molecule has 0 aliphatic carbocycles. The highest BCUT2D eigenvalue weighted by Gasteiger charge is 2.11. The number of carbonyl (C=O) groups excluding carboxylic acids is 1. The van der Waals surface area contributed by atoms with Crippen molar-refractivity contribution >= 4 is 5.91 Å². The Hall–Kier alpha value is -3.29. The maximum absolute atomic E-state index is 11.8. The van der Waals surface area contributed by atoms with Gasteiger partial charge >= 0.3 is 0 Å². The van der Waals surface area contributed by atoms with E-state index in [9.17, 15) is 9.59 Å². The molecule has 0 atom stereocenters. The molecule has 8 nitrogen and oxygen atoms in total. The lowest BCUT2D eigenvalue weighted by molar-refractivity contribution is 0.0941. The van der Waals surface area contributed by atoms with E-state index in [0.29, 0.717) is 5.82 Å². The third-order valence-corrected chi connectivity index (χ3v) is 2.81. The fourth-order valence-corrected chi connectivity index (χ4v) is 1.77. The fourth-order valence-electron chi connectivity index (χ4n) is 1.77. The first-order valence-corrected chi connectivity index (χ1v) is 6.43. The Morgan fingerprint density at radius 1 is 1.27 bits per heavy atom. The van der Waals surface area contributed by atoms with Gasteiger partial charge in [-0.1, -0.05) is 35.5 Å². The highest BCUT2D eigenvalue weighted by Crippen LogP contribution is 2.14. The monoisotopic (exact) mass is 297 g/mol. The van der Waals surface area contributed by atoms with E-state index in [2.05, 4.69) is 25.4 Å². The van der Waals surface area contributed by atoms with Crippen LogP contribution in [0.3, 0.4) is 0 Å². The molecule has 0 saturated carbocycles. The number of amides is 1. The van der Waals surface area contributed by atoms with Crippen molar-refractivity contribution in [1.82, 2.24) is 25.4 Å². The minimum atomic E-state index is -0.495. The lowest BCUT2D eigenvalue weighted by Gasteiger charge is -2.00. The first-order valence-electron chi connectivity index (χ1n) is 6.43. The number of carbonyl (C=O) groups is 1. The molecule has 8 heteroatoms. The summed E-state index contributed by atoms with van der Waals surface area (Å²) in [5.41, 5.74) is 0.441. The molecule has 0 aliphatic rings. The van der Waals surface area contributed by atoms with Gasteiger partial charge < -0.3 is 14.8 Å². The summed E-state index contributed by atoms with van der Waals surface area (Å²) < 4.78 is 5.06. The molecule has 0 spiro atoms. The largest absolute Gasteiger partial charge is 0.342 e. The molecular formula is C14H11N5O3. The van der Waals surface area contributed by atoms with E-state index in [-0.39, 0.29) is 18.1 Å². The maximum Gasteiger partial charge on any atom is 0.270 e. The molecule has 3 rings (SSSR count). The molecular weight excluding hydrogens is 286 g/mol. The van der Waals surface area contributed by atoms with Gasteiger partial charge in [0.25, 0.3) is 11.5 Å². The summed E-state index contributed by atoms with van der Waals surface area (Å²) in [6.45, 7) is 0.0488. The molecule has 0 unspecified atom stereocenters. The van der Waals surface area contributed by atoms with Crippen LogP contribution in [-0.4, -0.2) is 26.0 Å². The van der Waals surface area contributed by atoms with Gasteiger partial charge in [-0.15, -0.1) is 0 Å². The molecule has 0 fully saturated rings. The van der Waals surface area contributed by atoms with Gasteiger partial charge in [0.1, 0.15) is 5.69 Å². The van der Waals surface area contributed by atoms with E-state index in [0.717, 1.165) is 18.0 Å². The summed E-state index contributed by atoms with van der Waals surface area (Å²) in [5, 5.41) is 6.40. The topological polar surface area (TPSA) is 114 Å². The normalized spacial score (nSPS) is 10.4. The smallest absolute Gasteiger partial charge is 0.270 e. The van der Waals surface area contributed by atoms with Crippen molar-refractivity contribution in [2.24, 2.45) is 0 Å². The molecule has 0 bridgehead atoms. The number of aromatic amines is 1. The number of H-pyrrole nitrogens is 1. The summed E-state index contributed by atoms with van der Waals surface area (Å²) in [4.78, 5) is 33.2. The zero-order valence-electron chi connectivity index (χ0n) is 11.3. The van der Waals surface area contributed by atoms with Gasteiger partial charge in [0, 0.05) is 11.6 Å². The van der Waals surface area contributed by atoms with Gasteiger partial charge in [-0.25, -0.2) is 4.98 Å². The number of nitrogens with zero attached hydrogens (tertiary/aromatic N) is 3. The standard InChI is InChI=1S/C14H11N5O3/c20-11-6-10(16-8-17-11)14(21)15-7-12-18-13(19-22-12)9-4-2-1-3-5-9/h1-6,8H,7H2,(H,15,21)(H,16,17,20). The minimum absolute atomic E-state index is 0.0200. The van der Waals surface area contributed by atoms with Crippen molar-refractivity contribution in [3.63, 3.8) is 0 Å². The van der Waals surface area contributed by atoms with Crippen LogP contribution in [0.5, 0.6) is 0 Å². The summed E-state index contributed by atoms with van der Waals surface area (Å²) in [5.74, 6) is 0.210. The molecule has 110 valence electrons. The summed E-state index contributed by atoms with van der Waals surface area (Å²) in [6, 6.07) is 10.4. The van der Waals surface area contributed by atoms with Gasteiger partial charge in [-0.3, -0.25) is 9.59 Å². The second-order valence-corrected chi connectivity index (χ2v) is 4.36. The molecule has 22 heavy (non-hydrogen) atoms. The fraction of sp³-hybridized carbons (Fsp3) is 0.0714. The predicted molar refractivity (Wildman–Crippen MR) is 75.8 cm³/mol. The number of benzene rings is 1. The third kappa shape index (κ3) is 3.06. The Bertz CT molecular complexity index is 841. The summed E-state index contributed by atoms with van der Waals surface area (Å²) in [7, 11) is 0. The molecule has 2 N–H and O–H groups in total. The Kier molecular flexibility index (Phi) is 3.73. The molecule has 1 amide bonds. The minimum Gasteiger partial charge on any atom is -0.342 e. The first-order chi connectivity index (χ1) is 10.7. The predicted octanol–water partition coefficient (Wildman–Crippen LogP) is 0.750. The molecule has 0 aliphatic heterocycles. The van der Waals surface area contributed by atoms with Gasteiger partial charge in [-0.05, 0) is 0 Å². The highest BCUT2D eigenvalue weighted by molar-refractivity contribution is 5.91. The number of rotatable bonds is 4. The van der Waals surface area contributed by atoms with E-state index in [1.807, 2.05) is 30.3 Å². The Balaban J connectivity index is 1.66. The zero-order valence-corrected chi connectivity index (χ0v) is 11.3. The number of hydrogen-bond acceptors (Lipinski definition) is 6. The van der Waals surface area contributed by atoms with Crippen LogP contribution < -0.4 is 10.9 Å². The Labute approximate surface area is 124 Å². The molecule has 0 saturated heterocycles. The molecule has 0 radical (unpaired) electrons. The van der Waals surface area contributed by atoms with Crippen molar-refractivity contribution in [2.75, 3.05) is 0 Å². The number of hydrogen-bond donors (Lipinski definition) is 2. The molecule has 2 heterocycles. The maximum atomic E-state index is 11.8. The summed E-state index contributed by atoms with van der Waals surface area (Å²) in [6.07, 6.45) is 1.16. The van der Waals surface area contributed by atoms with Crippen LogP contribution >= 0.6 is 0 Å². The van der Waals surface area contributed by atoms with E-state index in [1.54, 1.807) is 0 Å². The van der Waals surface area contributed by atoms with E-state index in [1.165, 1.54) is 0 Å². The highest BCUT2D eigenvalue weighted by atomic mass is 16.5. The van der Waals surface area contributed by atoms with Crippen molar-refractivity contribution in [3.05, 3.63) is 64.7 Å². The Morgan fingerprint density at radius 3 is 2.86 bits per heavy atom. The molecule has 3 aromatic rings. The first kappa shape index (κ1) is 13.7. The van der Waals surface area contributed by atoms with Crippen LogP contribution in [-0.2, 0) is 6.54 Å². The third-order valence-electron chi connectivity index (χ3n) is 2.81. The number of aromatic nitrogens is 4. The van der Waals surface area contributed by atoms with Crippen molar-refractivity contribution in [1.29, 1.82) is 0 Å². The van der Waals surface area contributed by atoms with Gasteiger partial charge in [0.2, 0.25) is 11.7 Å². The van der Waals surface area contributed by atoms with Crippen LogP contribution in [0.15, 0.2) is 52.0 Å². The van der Waals surface area contributed by atoms with Crippen molar-refractivity contribution < 1.29 is 9.32 Å². The van der Waals surface area contributed by atoms with Gasteiger partial charge in [-0.2, -0.15) is 4.98 Å². The van der Waals surface area contributed by atoms with Crippen molar-refractivity contribution in [3.8, 4) is 11.4 Å². The second-order valence-electron chi connectivity index (χ2n) is 4.36. The van der Waals surface area contributed by atoms with E-state index >= 15 is 0 Å². The molecule has 1 aromatic carbocycles. The van der Waals surface area contributed by atoms with Crippen molar-refractivity contribution in [2.45, 2.75) is 6.54 Å². The quantitative estimate of drug-likeness (QED) is 0.734. The average Bonchev–Trinajstić information content (AvgIpc) is 3.02. The average molecular weight is 297 g/mol. The zero-order chi connectivity index (χ0) is 15.4. The van der Waals surface area contributed by atoms with Gasteiger partial charge in [0.05, 0.1) is 12.9 Å². The van der Waals surface area contributed by atoms with Gasteiger partial charge in [0.15, 0.2) is 0 Å². The van der Waals surface area contributed by atoms with Crippen LogP contribution in [0.1, 0.15) is 16.4 Å². The van der Waals surface area contributed by atoms with E-state index < -0.39 is 11.5 Å². The number of nitrogens with one attached hydrogen (secondary N) is 2. The van der Waals surface area contributed by atoms with Crippen LogP contribution in [0.4, 0.5) is 0 Å². The lowest BCUT2D eigenvalue weighted by Crippen LogP contribution is -2.25. The molecule has 2 aromatic heterocycles. The summed E-state index contributed by atoms with van der Waals surface area (Å²) >= 11 is 0. The Morgan fingerprint density at radius 2 is 2.09 bits per heavy atom.